The minimum absolute atomic E-state index is 0.335. The molecule has 3 unspecified atom stereocenters. The van der Waals surface area contributed by atoms with Crippen molar-refractivity contribution in [3.05, 3.63) is 24.8 Å². The monoisotopic (exact) mass is 359 g/mol. The molecule has 9 nitrogen and oxygen atoms in total. The fourth-order valence-corrected chi connectivity index (χ4v) is 4.38. The second-order valence-electron chi connectivity index (χ2n) is 7.31. The summed E-state index contributed by atoms with van der Waals surface area (Å²) >= 11 is 0. The van der Waals surface area contributed by atoms with E-state index < -0.39 is 24.5 Å². The predicted octanol–water partition coefficient (Wildman–Crippen LogP) is -0.186. The molecule has 1 saturated carbocycles. The minimum atomic E-state index is -1.17. The van der Waals surface area contributed by atoms with Crippen molar-refractivity contribution in [1.82, 2.24) is 19.5 Å². The van der Waals surface area contributed by atoms with Gasteiger partial charge in [0, 0.05) is 6.04 Å². The molecule has 2 aromatic rings. The number of rotatable bonds is 4. The van der Waals surface area contributed by atoms with Crippen LogP contribution in [0.2, 0.25) is 0 Å². The maximum atomic E-state index is 10.3. The molecule has 1 aliphatic heterocycles. The summed E-state index contributed by atoms with van der Waals surface area (Å²) in [7, 11) is 0. The third kappa shape index (κ3) is 2.35. The van der Waals surface area contributed by atoms with E-state index in [9.17, 15) is 15.3 Å². The van der Waals surface area contributed by atoms with Gasteiger partial charge in [-0.15, -0.1) is 0 Å². The first-order valence-electron chi connectivity index (χ1n) is 8.90. The number of anilines is 1. The number of fused-ring (bicyclic) bond motifs is 3. The highest BCUT2D eigenvalue weighted by atomic mass is 16.6. The van der Waals surface area contributed by atoms with Gasteiger partial charge >= 0.3 is 0 Å². The molecule has 26 heavy (non-hydrogen) atoms. The standard InChI is InChI=1S/C17H21N5O4/c23-5-11-13(24)14(25)17(26-11)22-7-20-12-15(18-6-19-16(12)22)21-10-4-8-1-2-9(10)3-8/h1-2,6-11,13-14,17,23-25H,3-5H2,(H,18,19,21)/t8?,9?,10?,11-,13-,14-,17-/m1/s1. The fraction of sp³-hybridized carbons (Fsp3) is 0.588. The average molecular weight is 359 g/mol. The number of nitrogens with one attached hydrogen (secondary N) is 1. The number of aliphatic hydroxyl groups excluding tert-OH is 3. The van der Waals surface area contributed by atoms with E-state index >= 15 is 0 Å². The number of aromatic nitrogens is 4. The Morgan fingerprint density at radius 3 is 2.73 bits per heavy atom. The molecule has 0 aromatic carbocycles. The zero-order valence-electron chi connectivity index (χ0n) is 14.0. The summed E-state index contributed by atoms with van der Waals surface area (Å²) in [5.74, 6) is 1.82. The Balaban J connectivity index is 1.45. The van der Waals surface area contributed by atoms with Crippen LogP contribution in [0.1, 0.15) is 19.1 Å². The van der Waals surface area contributed by atoms with Gasteiger partial charge < -0.3 is 25.4 Å². The van der Waals surface area contributed by atoms with Gasteiger partial charge in [0.2, 0.25) is 0 Å². The van der Waals surface area contributed by atoms with Gasteiger partial charge in [-0.1, -0.05) is 12.2 Å². The van der Waals surface area contributed by atoms with E-state index in [0.717, 1.165) is 6.42 Å². The van der Waals surface area contributed by atoms with Crippen molar-refractivity contribution >= 4 is 17.0 Å². The molecule has 1 saturated heterocycles. The second-order valence-corrected chi connectivity index (χ2v) is 7.31. The van der Waals surface area contributed by atoms with Crippen LogP contribution >= 0.6 is 0 Å². The normalized spacial score (nSPS) is 38.5. The molecule has 138 valence electrons. The van der Waals surface area contributed by atoms with E-state index in [1.54, 1.807) is 4.57 Å². The number of hydrogen-bond acceptors (Lipinski definition) is 8. The number of hydrogen-bond donors (Lipinski definition) is 4. The van der Waals surface area contributed by atoms with Crippen LogP contribution in [0, 0.1) is 11.8 Å². The van der Waals surface area contributed by atoms with Gasteiger partial charge in [0.25, 0.3) is 0 Å². The topological polar surface area (TPSA) is 126 Å². The van der Waals surface area contributed by atoms with Gasteiger partial charge in [-0.2, -0.15) is 0 Å². The Morgan fingerprint density at radius 1 is 1.15 bits per heavy atom. The quantitative estimate of drug-likeness (QED) is 0.554. The Hall–Kier alpha value is -2.07. The lowest BCUT2D eigenvalue weighted by atomic mass is 10.0. The lowest BCUT2D eigenvalue weighted by molar-refractivity contribution is -0.0511. The summed E-state index contributed by atoms with van der Waals surface area (Å²) in [6, 6.07) is 0.335. The summed E-state index contributed by atoms with van der Waals surface area (Å²) < 4.78 is 7.16. The molecule has 0 spiro atoms. The van der Waals surface area contributed by atoms with Crippen molar-refractivity contribution in [3.8, 4) is 0 Å². The van der Waals surface area contributed by atoms with Gasteiger partial charge in [-0.3, -0.25) is 4.57 Å². The lowest BCUT2D eigenvalue weighted by Gasteiger charge is -2.20. The largest absolute Gasteiger partial charge is 0.394 e. The molecule has 2 aromatic heterocycles. The molecule has 3 aliphatic rings. The third-order valence-corrected chi connectivity index (χ3v) is 5.75. The second kappa shape index (κ2) is 5.98. The average Bonchev–Trinajstić information content (AvgIpc) is 3.41. The molecule has 2 aliphatic carbocycles. The van der Waals surface area contributed by atoms with Crippen LogP contribution in [0.3, 0.4) is 0 Å². The molecule has 2 fully saturated rings. The molecule has 5 rings (SSSR count). The van der Waals surface area contributed by atoms with Crippen LogP contribution in [0.5, 0.6) is 0 Å². The zero-order chi connectivity index (χ0) is 17.8. The SMILES string of the molecule is OC[C@H]1O[C@@H](n2cnc3c(NC4CC5C=CC4C5)ncnc32)[C@H](O)[C@@H]1O. The Bertz CT molecular complexity index is 855. The van der Waals surface area contributed by atoms with Crippen molar-refractivity contribution in [2.75, 3.05) is 11.9 Å². The molecule has 7 atom stereocenters. The zero-order valence-corrected chi connectivity index (χ0v) is 14.0. The van der Waals surface area contributed by atoms with Crippen LogP contribution in [-0.2, 0) is 4.74 Å². The highest BCUT2D eigenvalue weighted by Gasteiger charge is 2.44. The molecular formula is C17H21N5O4. The van der Waals surface area contributed by atoms with Crippen molar-refractivity contribution in [2.45, 2.75) is 43.4 Å². The van der Waals surface area contributed by atoms with Gasteiger partial charge in [0.1, 0.15) is 24.6 Å². The van der Waals surface area contributed by atoms with E-state index in [0.29, 0.717) is 34.9 Å². The molecular weight excluding hydrogens is 338 g/mol. The maximum Gasteiger partial charge on any atom is 0.167 e. The van der Waals surface area contributed by atoms with Crippen molar-refractivity contribution in [3.63, 3.8) is 0 Å². The molecule has 3 heterocycles. The number of ether oxygens (including phenoxy) is 1. The Labute approximate surface area is 149 Å². The number of allylic oxidation sites excluding steroid dienone is 1. The van der Waals surface area contributed by atoms with E-state index in [2.05, 4.69) is 32.4 Å². The summed E-state index contributed by atoms with van der Waals surface area (Å²) in [6.07, 6.45) is 5.75. The number of imidazole rings is 1. The van der Waals surface area contributed by atoms with Gasteiger partial charge in [-0.25, -0.2) is 15.0 Å². The first-order valence-corrected chi connectivity index (χ1v) is 8.90. The molecule has 0 radical (unpaired) electrons. The Morgan fingerprint density at radius 2 is 2.04 bits per heavy atom. The highest BCUT2D eigenvalue weighted by molar-refractivity contribution is 5.83. The molecule has 9 heteroatoms. The van der Waals surface area contributed by atoms with Gasteiger partial charge in [0.05, 0.1) is 12.9 Å². The third-order valence-electron chi connectivity index (χ3n) is 5.75. The van der Waals surface area contributed by atoms with Gasteiger partial charge in [-0.05, 0) is 24.7 Å². The lowest BCUT2D eigenvalue weighted by Crippen LogP contribution is -2.33. The summed E-state index contributed by atoms with van der Waals surface area (Å²) in [4.78, 5) is 13.0. The van der Waals surface area contributed by atoms with Gasteiger partial charge in [0.15, 0.2) is 23.2 Å². The smallest absolute Gasteiger partial charge is 0.167 e. The minimum Gasteiger partial charge on any atom is -0.394 e. The van der Waals surface area contributed by atoms with Crippen molar-refractivity contribution in [1.29, 1.82) is 0 Å². The van der Waals surface area contributed by atoms with Crippen LogP contribution in [-0.4, -0.2) is 65.8 Å². The van der Waals surface area contributed by atoms with E-state index in [1.165, 1.54) is 19.1 Å². The molecule has 2 bridgehead atoms. The number of aliphatic hydroxyl groups is 3. The molecule has 4 N–H and O–H groups in total. The highest BCUT2D eigenvalue weighted by Crippen LogP contribution is 2.41. The first kappa shape index (κ1) is 16.1. The van der Waals surface area contributed by atoms with E-state index in [-0.39, 0.29) is 6.61 Å². The van der Waals surface area contributed by atoms with Crippen LogP contribution in [0.15, 0.2) is 24.8 Å². The first-order chi connectivity index (χ1) is 12.7. The van der Waals surface area contributed by atoms with E-state index in [1.807, 2.05) is 0 Å². The van der Waals surface area contributed by atoms with Crippen molar-refractivity contribution < 1.29 is 20.1 Å². The Kier molecular flexibility index (Phi) is 3.71. The molecule has 0 amide bonds. The van der Waals surface area contributed by atoms with Crippen LogP contribution < -0.4 is 5.32 Å². The summed E-state index contributed by atoms with van der Waals surface area (Å²) in [5, 5.41) is 33.0. The summed E-state index contributed by atoms with van der Waals surface area (Å²) in [6.45, 7) is -0.374. The van der Waals surface area contributed by atoms with E-state index in [4.69, 9.17) is 4.74 Å². The van der Waals surface area contributed by atoms with Crippen molar-refractivity contribution in [2.24, 2.45) is 11.8 Å². The predicted molar refractivity (Wildman–Crippen MR) is 91.1 cm³/mol. The maximum absolute atomic E-state index is 10.3. The summed E-state index contributed by atoms with van der Waals surface area (Å²) in [5.41, 5.74) is 1.10. The van der Waals surface area contributed by atoms with Crippen LogP contribution in [0.25, 0.3) is 11.2 Å². The number of nitrogens with zero attached hydrogens (tertiary/aromatic N) is 4. The fourth-order valence-electron chi connectivity index (χ4n) is 4.38. The van der Waals surface area contributed by atoms with Crippen LogP contribution in [0.4, 0.5) is 5.82 Å².